The van der Waals surface area contributed by atoms with Crippen molar-refractivity contribution in [1.82, 2.24) is 10.2 Å². The van der Waals surface area contributed by atoms with E-state index >= 15 is 0 Å². The predicted octanol–water partition coefficient (Wildman–Crippen LogP) is 3.87. The molecule has 39 heavy (non-hydrogen) atoms. The first kappa shape index (κ1) is 25.8. The minimum atomic E-state index is -0.773. The largest absolute Gasteiger partial charge is 0.493 e. The molecule has 2 saturated carbocycles. The van der Waals surface area contributed by atoms with Crippen LogP contribution in [-0.2, 0) is 14.4 Å². The minimum absolute atomic E-state index is 0.0894. The molecule has 1 aliphatic heterocycles. The first-order valence-electron chi connectivity index (χ1n) is 12.5. The number of esters is 1. The van der Waals surface area contributed by atoms with Gasteiger partial charge in [-0.1, -0.05) is 24.6 Å². The number of imide groups is 2. The standard InChI is InChI=1S/C28H25N3O8/c1-38-24-15-18(6-9-23(24)39-25(32)10-7-16-3-2-4-20(12-16)31(36)37)13-21-26(33)29-28(35)30(27(21)34)22-14-17-5-8-19(22)11-17/h2-4,6-7,9-10,12-13,15,17,19,22H,5,8,11,14H2,1H3,(H,29,33,35)/b10-7+,21-13+/t17-,19-,22-/m0/s1. The van der Waals surface area contributed by atoms with Crippen LogP contribution in [0.5, 0.6) is 11.5 Å². The highest BCUT2D eigenvalue weighted by atomic mass is 16.6. The van der Waals surface area contributed by atoms with Crippen molar-refractivity contribution >= 4 is 41.7 Å². The van der Waals surface area contributed by atoms with Gasteiger partial charge in [-0.25, -0.2) is 9.59 Å². The molecule has 3 aliphatic rings. The number of nitro benzene ring substituents is 1. The lowest BCUT2D eigenvalue weighted by Gasteiger charge is -2.35. The summed E-state index contributed by atoms with van der Waals surface area (Å²) in [5.74, 6) is -1.11. The van der Waals surface area contributed by atoms with E-state index in [1.54, 1.807) is 12.1 Å². The number of nitro groups is 1. The smallest absolute Gasteiger partial charge is 0.336 e. The fourth-order valence-electron chi connectivity index (χ4n) is 5.57. The van der Waals surface area contributed by atoms with Gasteiger partial charge in [-0.2, -0.15) is 0 Å². The summed E-state index contributed by atoms with van der Waals surface area (Å²) in [6, 6.07) is 9.38. The van der Waals surface area contributed by atoms with Gasteiger partial charge in [0.15, 0.2) is 11.5 Å². The van der Waals surface area contributed by atoms with Crippen LogP contribution in [0.3, 0.4) is 0 Å². The van der Waals surface area contributed by atoms with Gasteiger partial charge in [0.25, 0.3) is 17.5 Å². The molecular weight excluding hydrogens is 506 g/mol. The Hall–Kier alpha value is -4.80. The molecule has 4 amide bonds. The molecule has 200 valence electrons. The summed E-state index contributed by atoms with van der Waals surface area (Å²) in [6.07, 6.45) is 7.71. The average Bonchev–Trinajstić information content (AvgIpc) is 3.54. The van der Waals surface area contributed by atoms with Crippen LogP contribution in [0.25, 0.3) is 12.2 Å². The van der Waals surface area contributed by atoms with Crippen LogP contribution in [0.15, 0.2) is 54.1 Å². The summed E-state index contributed by atoms with van der Waals surface area (Å²) in [7, 11) is 1.37. The number of hydrogen-bond acceptors (Lipinski definition) is 8. The van der Waals surface area contributed by atoms with Crippen molar-refractivity contribution in [2.45, 2.75) is 31.7 Å². The molecule has 1 saturated heterocycles. The summed E-state index contributed by atoms with van der Waals surface area (Å²) < 4.78 is 10.7. The maximum Gasteiger partial charge on any atom is 0.336 e. The zero-order chi connectivity index (χ0) is 27.7. The molecule has 11 nitrogen and oxygen atoms in total. The highest BCUT2D eigenvalue weighted by Gasteiger charge is 2.49. The number of amides is 4. The van der Waals surface area contributed by atoms with E-state index in [1.165, 1.54) is 54.5 Å². The second-order valence-corrected chi connectivity index (χ2v) is 9.75. The van der Waals surface area contributed by atoms with E-state index in [0.717, 1.165) is 31.8 Å². The third kappa shape index (κ3) is 5.28. The number of non-ortho nitro benzene ring substituents is 1. The highest BCUT2D eigenvalue weighted by Crippen LogP contribution is 2.47. The molecule has 2 aliphatic carbocycles. The Morgan fingerprint density at radius 1 is 1.08 bits per heavy atom. The van der Waals surface area contributed by atoms with Crippen LogP contribution in [0.1, 0.15) is 36.8 Å². The molecule has 11 heteroatoms. The van der Waals surface area contributed by atoms with Gasteiger partial charge in [-0.15, -0.1) is 0 Å². The van der Waals surface area contributed by atoms with Crippen molar-refractivity contribution in [3.05, 3.63) is 75.4 Å². The van der Waals surface area contributed by atoms with Gasteiger partial charge in [-0.3, -0.25) is 29.9 Å². The number of carbonyl (C=O) groups excluding carboxylic acids is 4. The Kier molecular flexibility index (Phi) is 6.97. The number of fused-ring (bicyclic) bond motifs is 2. The van der Waals surface area contributed by atoms with Gasteiger partial charge in [-0.05, 0) is 66.5 Å². The number of benzene rings is 2. The van der Waals surface area contributed by atoms with Crippen LogP contribution >= 0.6 is 0 Å². The van der Waals surface area contributed by atoms with Gasteiger partial charge in [0.2, 0.25) is 0 Å². The Morgan fingerprint density at radius 2 is 1.90 bits per heavy atom. The molecule has 0 aromatic heterocycles. The normalized spacial score (nSPS) is 23.4. The Balaban J connectivity index is 1.32. The van der Waals surface area contributed by atoms with Crippen LogP contribution < -0.4 is 14.8 Å². The Morgan fingerprint density at radius 3 is 2.59 bits per heavy atom. The third-order valence-corrected chi connectivity index (χ3v) is 7.37. The number of carbonyl (C=O) groups is 4. The molecule has 1 heterocycles. The zero-order valence-corrected chi connectivity index (χ0v) is 21.0. The molecule has 2 aromatic rings. The Bertz CT molecular complexity index is 1450. The van der Waals surface area contributed by atoms with E-state index in [2.05, 4.69) is 5.32 Å². The minimum Gasteiger partial charge on any atom is -0.493 e. The van der Waals surface area contributed by atoms with Gasteiger partial charge in [0.05, 0.1) is 12.0 Å². The van der Waals surface area contributed by atoms with E-state index in [1.807, 2.05) is 0 Å². The third-order valence-electron chi connectivity index (χ3n) is 7.37. The molecular formula is C28H25N3O8. The van der Waals surface area contributed by atoms with Crippen LogP contribution in [0.4, 0.5) is 10.5 Å². The molecule has 0 radical (unpaired) electrons. The average molecular weight is 532 g/mol. The number of nitrogens with one attached hydrogen (secondary N) is 1. The van der Waals surface area contributed by atoms with E-state index in [4.69, 9.17) is 9.47 Å². The number of barbiturate groups is 1. The maximum atomic E-state index is 13.3. The quantitative estimate of drug-likeness (QED) is 0.142. The number of rotatable bonds is 7. The molecule has 0 unspecified atom stereocenters. The first-order valence-corrected chi connectivity index (χ1v) is 12.5. The highest BCUT2D eigenvalue weighted by molar-refractivity contribution is 6.31. The molecule has 0 spiro atoms. The number of hydrogen-bond donors (Lipinski definition) is 1. The van der Waals surface area contributed by atoms with Crippen LogP contribution in [0.2, 0.25) is 0 Å². The van der Waals surface area contributed by atoms with Crippen molar-refractivity contribution in [3.8, 4) is 11.5 Å². The summed E-state index contributed by atoms with van der Waals surface area (Å²) in [6.45, 7) is 0. The molecule has 2 aromatic carbocycles. The molecule has 1 N–H and O–H groups in total. The number of methoxy groups -OCH3 is 1. The number of ether oxygens (including phenoxy) is 2. The fourth-order valence-corrected chi connectivity index (χ4v) is 5.57. The van der Waals surface area contributed by atoms with Gasteiger partial charge in [0, 0.05) is 24.3 Å². The lowest BCUT2D eigenvalue weighted by Crippen LogP contribution is -2.58. The molecule has 3 atom stereocenters. The van der Waals surface area contributed by atoms with Crippen LogP contribution in [-0.4, -0.2) is 46.8 Å². The fraction of sp³-hybridized carbons (Fsp3) is 0.286. The Labute approximate surface area is 223 Å². The van der Waals surface area contributed by atoms with Gasteiger partial charge in [0.1, 0.15) is 5.57 Å². The van der Waals surface area contributed by atoms with E-state index in [-0.39, 0.29) is 34.7 Å². The summed E-state index contributed by atoms with van der Waals surface area (Å²) in [5.41, 5.74) is 0.608. The first-order chi connectivity index (χ1) is 18.7. The summed E-state index contributed by atoms with van der Waals surface area (Å²) in [4.78, 5) is 62.3. The van der Waals surface area contributed by atoms with Gasteiger partial charge >= 0.3 is 12.0 Å². The lowest BCUT2D eigenvalue weighted by atomic mass is 9.93. The second-order valence-electron chi connectivity index (χ2n) is 9.75. The van der Waals surface area contributed by atoms with E-state index in [0.29, 0.717) is 17.0 Å². The molecule has 3 fully saturated rings. The molecule has 2 bridgehead atoms. The summed E-state index contributed by atoms with van der Waals surface area (Å²) >= 11 is 0. The maximum absolute atomic E-state index is 13.3. The van der Waals surface area contributed by atoms with E-state index < -0.39 is 28.7 Å². The van der Waals surface area contributed by atoms with Crippen molar-refractivity contribution in [3.63, 3.8) is 0 Å². The van der Waals surface area contributed by atoms with Crippen molar-refractivity contribution in [1.29, 1.82) is 0 Å². The van der Waals surface area contributed by atoms with Crippen molar-refractivity contribution < 1.29 is 33.6 Å². The topological polar surface area (TPSA) is 145 Å². The molecule has 5 rings (SSSR count). The number of nitrogens with zero attached hydrogens (tertiary/aromatic N) is 2. The summed E-state index contributed by atoms with van der Waals surface area (Å²) in [5, 5.41) is 13.2. The van der Waals surface area contributed by atoms with Crippen molar-refractivity contribution in [2.24, 2.45) is 11.8 Å². The number of urea groups is 1. The second kappa shape index (κ2) is 10.5. The SMILES string of the molecule is COc1cc(/C=C2\C(=O)NC(=O)N([C@H]3C[C@H]4CC[C@H]3C4)C2=O)ccc1OC(=O)/C=C/c1cccc([N+](=O)[O-])c1. The van der Waals surface area contributed by atoms with Gasteiger partial charge < -0.3 is 9.47 Å². The van der Waals surface area contributed by atoms with Crippen LogP contribution in [0, 0.1) is 22.0 Å². The van der Waals surface area contributed by atoms with E-state index in [9.17, 15) is 29.3 Å². The monoisotopic (exact) mass is 531 g/mol. The lowest BCUT2D eigenvalue weighted by molar-refractivity contribution is -0.384. The zero-order valence-electron chi connectivity index (χ0n) is 21.0. The van der Waals surface area contributed by atoms with Crippen molar-refractivity contribution in [2.75, 3.05) is 7.11 Å². The predicted molar refractivity (Wildman–Crippen MR) is 138 cm³/mol.